The number of aromatic amines is 2. The van der Waals surface area contributed by atoms with E-state index in [2.05, 4.69) is 10.3 Å². The Hall–Kier alpha value is -1.98. The largest absolute Gasteiger partial charge is 0.383 e. The van der Waals surface area contributed by atoms with Crippen LogP contribution in [0.1, 0.15) is 18.5 Å². The van der Waals surface area contributed by atoms with E-state index in [4.69, 9.17) is 4.74 Å². The molecule has 0 saturated carbocycles. The number of nitrogens with zero attached hydrogens (tertiary/aromatic N) is 1. The molecule has 1 saturated heterocycles. The number of methoxy groups -OCH3 is 1. The Morgan fingerprint density at radius 1 is 1.36 bits per heavy atom. The van der Waals surface area contributed by atoms with Crippen LogP contribution in [0.15, 0.2) is 14.5 Å². The summed E-state index contributed by atoms with van der Waals surface area (Å²) in [7, 11) is -2.60. The molecular formula is C14H22N4O6S. The minimum absolute atomic E-state index is 0.0147. The maximum absolute atomic E-state index is 12.8. The van der Waals surface area contributed by atoms with E-state index in [1.54, 1.807) is 0 Å². The second-order valence-electron chi connectivity index (χ2n) is 5.85. The summed E-state index contributed by atoms with van der Waals surface area (Å²) in [6.45, 7) is 2.26. The van der Waals surface area contributed by atoms with Crippen molar-refractivity contribution < 1.29 is 17.9 Å². The van der Waals surface area contributed by atoms with Crippen LogP contribution in [0.25, 0.3) is 0 Å². The lowest BCUT2D eigenvalue weighted by Crippen LogP contribution is -2.47. The SMILES string of the molecule is COCCNC(=O)[C@@H]1CCCN(S(=O)(=O)c2c(C)[nH]c(=O)[nH]c2=O)C1. The van der Waals surface area contributed by atoms with Crippen LogP contribution in [0.5, 0.6) is 0 Å². The first-order valence-electron chi connectivity index (χ1n) is 7.87. The molecule has 2 heterocycles. The summed E-state index contributed by atoms with van der Waals surface area (Å²) in [4.78, 5) is 39.1. The highest BCUT2D eigenvalue weighted by atomic mass is 32.2. The van der Waals surface area contributed by atoms with Crippen molar-refractivity contribution in [3.05, 3.63) is 26.5 Å². The van der Waals surface area contributed by atoms with Crippen LogP contribution in [-0.2, 0) is 19.6 Å². The van der Waals surface area contributed by atoms with Gasteiger partial charge in [0.05, 0.1) is 12.5 Å². The summed E-state index contributed by atoms with van der Waals surface area (Å²) in [5, 5.41) is 2.69. The fourth-order valence-electron chi connectivity index (χ4n) is 2.82. The fourth-order valence-corrected chi connectivity index (χ4v) is 4.55. The predicted molar refractivity (Wildman–Crippen MR) is 88.8 cm³/mol. The van der Waals surface area contributed by atoms with Crippen molar-refractivity contribution in [2.45, 2.75) is 24.7 Å². The summed E-state index contributed by atoms with van der Waals surface area (Å²) in [6.07, 6.45) is 1.06. The van der Waals surface area contributed by atoms with Crippen molar-refractivity contribution in [3.63, 3.8) is 0 Å². The number of H-pyrrole nitrogens is 2. The Kier molecular flexibility index (Phi) is 6.14. The molecule has 1 fully saturated rings. The molecule has 0 radical (unpaired) electrons. The van der Waals surface area contributed by atoms with Crippen LogP contribution in [0, 0.1) is 12.8 Å². The highest BCUT2D eigenvalue weighted by molar-refractivity contribution is 7.89. The Bertz CT molecular complexity index is 844. The predicted octanol–water partition coefficient (Wildman–Crippen LogP) is -1.47. The van der Waals surface area contributed by atoms with Gasteiger partial charge < -0.3 is 15.0 Å². The Balaban J connectivity index is 2.21. The van der Waals surface area contributed by atoms with Gasteiger partial charge in [0, 0.05) is 32.4 Å². The number of carbonyl (C=O) groups is 1. The number of aryl methyl sites for hydroxylation is 1. The lowest BCUT2D eigenvalue weighted by atomic mass is 9.99. The summed E-state index contributed by atoms with van der Waals surface area (Å²) >= 11 is 0. The first-order valence-corrected chi connectivity index (χ1v) is 9.31. The number of aromatic nitrogens is 2. The number of sulfonamides is 1. The number of carbonyl (C=O) groups excluding carboxylic acids is 1. The smallest absolute Gasteiger partial charge is 0.325 e. The number of hydrogen-bond donors (Lipinski definition) is 3. The summed E-state index contributed by atoms with van der Waals surface area (Å²) < 4.78 is 31.6. The molecule has 10 nitrogen and oxygen atoms in total. The molecule has 1 aromatic rings. The van der Waals surface area contributed by atoms with E-state index in [0.29, 0.717) is 26.0 Å². The molecule has 2 rings (SSSR count). The first kappa shape index (κ1) is 19.3. The van der Waals surface area contributed by atoms with E-state index in [9.17, 15) is 22.8 Å². The van der Waals surface area contributed by atoms with Crippen molar-refractivity contribution in [1.29, 1.82) is 0 Å². The average molecular weight is 374 g/mol. The third kappa shape index (κ3) is 4.35. The molecular weight excluding hydrogens is 352 g/mol. The monoisotopic (exact) mass is 374 g/mol. The standard InChI is InChI=1S/C14H22N4O6S/c1-9-11(13(20)17-14(21)16-9)25(22,23)18-6-3-4-10(8-18)12(19)15-5-7-24-2/h10H,3-8H2,1-2H3,(H,15,19)(H2,16,17,20,21)/t10-/m1/s1. The normalized spacial score (nSPS) is 18.9. The van der Waals surface area contributed by atoms with Crippen LogP contribution in [-0.4, -0.2) is 61.9 Å². The first-order chi connectivity index (χ1) is 11.8. The van der Waals surface area contributed by atoms with Crippen molar-refractivity contribution in [2.24, 2.45) is 5.92 Å². The molecule has 1 amide bonds. The lowest BCUT2D eigenvalue weighted by Gasteiger charge is -2.31. The zero-order chi connectivity index (χ0) is 18.6. The van der Waals surface area contributed by atoms with Crippen LogP contribution >= 0.6 is 0 Å². The van der Waals surface area contributed by atoms with E-state index in [1.165, 1.54) is 14.0 Å². The van der Waals surface area contributed by atoms with Gasteiger partial charge >= 0.3 is 5.69 Å². The van der Waals surface area contributed by atoms with Gasteiger partial charge in [-0.1, -0.05) is 0 Å². The van der Waals surface area contributed by atoms with Gasteiger partial charge in [-0.2, -0.15) is 4.31 Å². The summed E-state index contributed by atoms with van der Waals surface area (Å²) in [6, 6.07) is 0. The maximum atomic E-state index is 12.8. The molecule has 0 unspecified atom stereocenters. The Morgan fingerprint density at radius 3 is 2.72 bits per heavy atom. The number of piperidine rings is 1. The quantitative estimate of drug-likeness (QED) is 0.519. The van der Waals surface area contributed by atoms with Gasteiger partial charge in [0.2, 0.25) is 15.9 Å². The highest BCUT2D eigenvalue weighted by Gasteiger charge is 2.35. The zero-order valence-corrected chi connectivity index (χ0v) is 14.9. The zero-order valence-electron chi connectivity index (χ0n) is 14.1. The molecule has 25 heavy (non-hydrogen) atoms. The molecule has 1 aliphatic rings. The molecule has 0 aliphatic carbocycles. The van der Waals surface area contributed by atoms with E-state index in [-0.39, 0.29) is 24.7 Å². The molecule has 1 aromatic heterocycles. The molecule has 1 aliphatic heterocycles. The van der Waals surface area contributed by atoms with E-state index >= 15 is 0 Å². The van der Waals surface area contributed by atoms with Gasteiger partial charge in [-0.25, -0.2) is 13.2 Å². The molecule has 140 valence electrons. The summed E-state index contributed by atoms with van der Waals surface area (Å²) in [5.74, 6) is -0.744. The van der Waals surface area contributed by atoms with Gasteiger partial charge in [-0.15, -0.1) is 0 Å². The van der Waals surface area contributed by atoms with Gasteiger partial charge in [0.15, 0.2) is 4.90 Å². The number of hydrogen-bond acceptors (Lipinski definition) is 6. The van der Waals surface area contributed by atoms with Gasteiger partial charge in [-0.05, 0) is 19.8 Å². The number of nitrogens with one attached hydrogen (secondary N) is 3. The minimum Gasteiger partial charge on any atom is -0.383 e. The highest BCUT2D eigenvalue weighted by Crippen LogP contribution is 2.23. The maximum Gasteiger partial charge on any atom is 0.325 e. The van der Waals surface area contributed by atoms with Crippen LogP contribution in [0.3, 0.4) is 0 Å². The van der Waals surface area contributed by atoms with Gasteiger partial charge in [-0.3, -0.25) is 14.6 Å². The lowest BCUT2D eigenvalue weighted by molar-refractivity contribution is -0.126. The fraction of sp³-hybridized carbons (Fsp3) is 0.643. The minimum atomic E-state index is -4.12. The van der Waals surface area contributed by atoms with Crippen molar-refractivity contribution in [1.82, 2.24) is 19.6 Å². The third-order valence-electron chi connectivity index (χ3n) is 4.03. The molecule has 11 heteroatoms. The van der Waals surface area contributed by atoms with Crippen molar-refractivity contribution >= 4 is 15.9 Å². The van der Waals surface area contributed by atoms with E-state index < -0.39 is 32.1 Å². The third-order valence-corrected chi connectivity index (χ3v) is 6.05. The number of amides is 1. The Labute approximate surface area is 144 Å². The average Bonchev–Trinajstić information content (AvgIpc) is 2.54. The van der Waals surface area contributed by atoms with Crippen LogP contribution < -0.4 is 16.6 Å². The number of rotatable bonds is 6. The molecule has 1 atom stereocenters. The van der Waals surface area contributed by atoms with Gasteiger partial charge in [0.1, 0.15) is 0 Å². The number of ether oxygens (including phenoxy) is 1. The van der Waals surface area contributed by atoms with E-state index in [1.807, 2.05) is 4.98 Å². The molecule has 0 bridgehead atoms. The van der Waals surface area contributed by atoms with Crippen molar-refractivity contribution in [3.8, 4) is 0 Å². The van der Waals surface area contributed by atoms with Crippen molar-refractivity contribution in [2.75, 3.05) is 33.4 Å². The Morgan fingerprint density at radius 2 is 2.08 bits per heavy atom. The van der Waals surface area contributed by atoms with E-state index in [0.717, 1.165) is 4.31 Å². The van der Waals surface area contributed by atoms with Crippen LogP contribution in [0.4, 0.5) is 0 Å². The van der Waals surface area contributed by atoms with Crippen LogP contribution in [0.2, 0.25) is 0 Å². The topological polar surface area (TPSA) is 141 Å². The summed E-state index contributed by atoms with van der Waals surface area (Å²) in [5.41, 5.74) is -1.76. The van der Waals surface area contributed by atoms with Gasteiger partial charge in [0.25, 0.3) is 5.56 Å². The second-order valence-corrected chi connectivity index (χ2v) is 7.72. The molecule has 3 N–H and O–H groups in total. The second kappa shape index (κ2) is 7.93. The molecule has 0 aromatic carbocycles. The molecule has 0 spiro atoms.